The maximum absolute atomic E-state index is 16.9. The van der Waals surface area contributed by atoms with Gasteiger partial charge >= 0.3 is 6.01 Å². The quantitative estimate of drug-likeness (QED) is 0.310. The Morgan fingerprint density at radius 2 is 2.04 bits per heavy atom. The molecule has 236 valence electrons. The largest absolute Gasteiger partial charge is 0.508 e. The minimum Gasteiger partial charge on any atom is -0.508 e. The lowest BCUT2D eigenvalue weighted by Gasteiger charge is -2.36. The van der Waals surface area contributed by atoms with Crippen LogP contribution in [0, 0.1) is 24.1 Å². The number of halogens is 1. The Labute approximate surface area is 267 Å². The number of terminal acetylenes is 1. The standard InChI is InChI=1S/C36H37FN6O3/c1-2-21-5-3-6-22-13-26(44)14-27(30(21)22)32-31(37)33-28(16-38-32)34(42-17-24-7-8-25(18-42)39-24)41-35(40-33)46-20-36-10-4-11-43(36)29-9-12-45-19-23(29)15-36/h1,3,5-6,13-14,16,23-25,29,39,44H,4,7-12,15,17-20H2/t23-,24-,25+,29+,36-/m1/s1. The lowest BCUT2D eigenvalue weighted by Crippen LogP contribution is -2.51. The van der Waals surface area contributed by atoms with E-state index in [-0.39, 0.29) is 28.5 Å². The smallest absolute Gasteiger partial charge is 0.319 e. The van der Waals surface area contributed by atoms with Gasteiger partial charge in [0.05, 0.1) is 17.5 Å². The molecule has 4 aromatic rings. The van der Waals surface area contributed by atoms with E-state index in [1.807, 2.05) is 18.2 Å². The van der Waals surface area contributed by atoms with Crippen molar-refractivity contribution in [2.24, 2.45) is 5.92 Å². The second-order valence-corrected chi connectivity index (χ2v) is 13.8. The number of fused-ring (bicyclic) bond motifs is 7. The van der Waals surface area contributed by atoms with E-state index in [0.717, 1.165) is 71.4 Å². The number of nitrogens with one attached hydrogen (secondary N) is 1. The summed E-state index contributed by atoms with van der Waals surface area (Å²) in [6, 6.07) is 10.1. The first kappa shape index (κ1) is 28.2. The summed E-state index contributed by atoms with van der Waals surface area (Å²) in [5, 5.41) is 16.2. The van der Waals surface area contributed by atoms with Crippen LogP contribution >= 0.6 is 0 Å². The first-order valence-corrected chi connectivity index (χ1v) is 16.6. The number of aromatic nitrogens is 3. The molecular formula is C36H37FN6O3. The van der Waals surface area contributed by atoms with Crippen LogP contribution in [0.1, 0.15) is 44.1 Å². The van der Waals surface area contributed by atoms with E-state index in [1.165, 1.54) is 6.07 Å². The van der Waals surface area contributed by atoms with Gasteiger partial charge in [0.2, 0.25) is 0 Å². The summed E-state index contributed by atoms with van der Waals surface area (Å²) >= 11 is 0. The van der Waals surface area contributed by atoms with Crippen LogP contribution in [0.2, 0.25) is 0 Å². The highest BCUT2D eigenvalue weighted by Gasteiger charge is 2.55. The SMILES string of the molecule is C#Cc1cccc2cc(O)cc(-c3ncc4c(N5C[C@H]6CC[C@@H](C5)N6)nc(OC[C@]56CCCN5[C@H]5CCOC[C@H]5C6)nc4c3F)c12. The number of ether oxygens (including phenoxy) is 2. The molecule has 10 heteroatoms. The molecule has 0 spiro atoms. The number of nitrogens with zero attached hydrogens (tertiary/aromatic N) is 5. The molecule has 9 nitrogen and oxygen atoms in total. The van der Waals surface area contributed by atoms with Crippen LogP contribution in [0.5, 0.6) is 11.8 Å². The fourth-order valence-corrected chi connectivity index (χ4v) is 9.19. The van der Waals surface area contributed by atoms with E-state index in [9.17, 15) is 5.11 Å². The Morgan fingerprint density at radius 3 is 2.89 bits per heavy atom. The third kappa shape index (κ3) is 4.43. The second-order valence-electron chi connectivity index (χ2n) is 13.8. The topological polar surface area (TPSA) is 95.9 Å². The summed E-state index contributed by atoms with van der Waals surface area (Å²) < 4.78 is 29.3. The zero-order valence-corrected chi connectivity index (χ0v) is 25.7. The number of phenolic OH excluding ortho intramolecular Hbond substituents is 1. The number of hydrogen-bond acceptors (Lipinski definition) is 9. The Hall–Kier alpha value is -4.04. The predicted octanol–water partition coefficient (Wildman–Crippen LogP) is 4.63. The number of piperazine rings is 1. The summed E-state index contributed by atoms with van der Waals surface area (Å²) in [7, 11) is 0. The molecule has 0 unspecified atom stereocenters. The molecule has 0 amide bonds. The highest BCUT2D eigenvalue weighted by molar-refractivity contribution is 6.02. The van der Waals surface area contributed by atoms with Crippen molar-refractivity contribution >= 4 is 27.5 Å². The predicted molar refractivity (Wildman–Crippen MR) is 173 cm³/mol. The lowest BCUT2D eigenvalue weighted by molar-refractivity contribution is 0.0153. The molecule has 5 saturated heterocycles. The van der Waals surface area contributed by atoms with Gasteiger partial charge in [0, 0.05) is 60.5 Å². The van der Waals surface area contributed by atoms with Gasteiger partial charge in [0.15, 0.2) is 5.82 Å². The molecule has 2 aromatic heterocycles. The van der Waals surface area contributed by atoms with Gasteiger partial charge in [0.25, 0.3) is 0 Å². The van der Waals surface area contributed by atoms with Crippen molar-refractivity contribution in [2.45, 2.75) is 62.2 Å². The summed E-state index contributed by atoms with van der Waals surface area (Å²) in [6.07, 6.45) is 14.0. The van der Waals surface area contributed by atoms with E-state index in [1.54, 1.807) is 12.3 Å². The number of phenols is 1. The number of rotatable bonds is 5. The first-order chi connectivity index (χ1) is 22.5. The Kier molecular flexibility index (Phi) is 6.60. The van der Waals surface area contributed by atoms with E-state index in [2.05, 4.69) is 26.0 Å². The van der Waals surface area contributed by atoms with Crippen molar-refractivity contribution in [3.05, 3.63) is 47.9 Å². The Bertz CT molecular complexity index is 1900. The van der Waals surface area contributed by atoms with Gasteiger partial charge in [-0.25, -0.2) is 4.39 Å². The molecule has 46 heavy (non-hydrogen) atoms. The maximum atomic E-state index is 16.9. The number of pyridine rings is 1. The van der Waals surface area contributed by atoms with E-state index in [4.69, 9.17) is 25.9 Å². The van der Waals surface area contributed by atoms with Crippen molar-refractivity contribution in [2.75, 3.05) is 44.4 Å². The van der Waals surface area contributed by atoms with Crippen LogP contribution in [0.4, 0.5) is 10.2 Å². The lowest BCUT2D eigenvalue weighted by atomic mass is 9.88. The van der Waals surface area contributed by atoms with Crippen molar-refractivity contribution < 1.29 is 19.0 Å². The van der Waals surface area contributed by atoms with Crippen molar-refractivity contribution in [1.29, 1.82) is 0 Å². The molecule has 5 atom stereocenters. The number of aromatic hydroxyl groups is 1. The summed E-state index contributed by atoms with van der Waals surface area (Å²) in [5.74, 6) is 3.28. The molecule has 2 bridgehead atoms. The van der Waals surface area contributed by atoms with Crippen LogP contribution in [0.3, 0.4) is 0 Å². The van der Waals surface area contributed by atoms with Crippen LogP contribution in [-0.2, 0) is 4.74 Å². The molecule has 5 aliphatic heterocycles. The summed E-state index contributed by atoms with van der Waals surface area (Å²) in [4.78, 5) is 19.2. The molecule has 2 N–H and O–H groups in total. The van der Waals surface area contributed by atoms with Crippen LogP contribution in [0.25, 0.3) is 32.9 Å². The fraction of sp³-hybridized carbons (Fsp3) is 0.472. The minimum absolute atomic E-state index is 0.00423. The highest BCUT2D eigenvalue weighted by Crippen LogP contribution is 2.48. The zero-order valence-electron chi connectivity index (χ0n) is 25.7. The molecule has 5 fully saturated rings. The van der Waals surface area contributed by atoms with Crippen LogP contribution in [-0.4, -0.2) is 88.1 Å². The number of anilines is 1. The third-order valence-electron chi connectivity index (χ3n) is 11.1. The molecule has 0 radical (unpaired) electrons. The normalized spacial score (nSPS) is 28.8. The van der Waals surface area contributed by atoms with Gasteiger partial charge in [-0.2, -0.15) is 9.97 Å². The van der Waals surface area contributed by atoms with Gasteiger partial charge in [0.1, 0.15) is 29.4 Å². The van der Waals surface area contributed by atoms with E-state index in [0.29, 0.717) is 63.8 Å². The molecule has 7 heterocycles. The molecule has 5 aliphatic rings. The average molecular weight is 621 g/mol. The zero-order chi connectivity index (χ0) is 31.0. The Balaban J connectivity index is 1.16. The van der Waals surface area contributed by atoms with Gasteiger partial charge in [-0.3, -0.25) is 9.88 Å². The van der Waals surface area contributed by atoms with Crippen molar-refractivity contribution in [3.8, 4) is 35.4 Å². The van der Waals surface area contributed by atoms with E-state index >= 15 is 4.39 Å². The minimum atomic E-state index is -0.590. The van der Waals surface area contributed by atoms with Crippen LogP contribution in [0.15, 0.2) is 36.5 Å². The fourth-order valence-electron chi connectivity index (χ4n) is 9.19. The van der Waals surface area contributed by atoms with E-state index < -0.39 is 5.82 Å². The first-order valence-electron chi connectivity index (χ1n) is 16.6. The molecule has 2 aromatic carbocycles. The second kappa shape index (κ2) is 10.8. The van der Waals surface area contributed by atoms with Gasteiger partial charge < -0.3 is 24.8 Å². The van der Waals surface area contributed by atoms with Crippen molar-refractivity contribution in [3.63, 3.8) is 0 Å². The summed E-state index contributed by atoms with van der Waals surface area (Å²) in [6.45, 7) is 4.69. The van der Waals surface area contributed by atoms with Crippen molar-refractivity contribution in [1.82, 2.24) is 25.2 Å². The van der Waals surface area contributed by atoms with Gasteiger partial charge in [-0.15, -0.1) is 6.42 Å². The Morgan fingerprint density at radius 1 is 1.17 bits per heavy atom. The summed E-state index contributed by atoms with van der Waals surface area (Å²) in [5.41, 5.74) is 1.17. The average Bonchev–Trinajstić information content (AvgIpc) is 3.73. The molecule has 0 saturated carbocycles. The van der Waals surface area contributed by atoms with Gasteiger partial charge in [-0.05, 0) is 74.6 Å². The number of hydrogen-bond donors (Lipinski definition) is 2. The van der Waals surface area contributed by atoms with Crippen LogP contribution < -0.4 is 15.0 Å². The molecular weight excluding hydrogens is 583 g/mol. The molecule has 9 rings (SSSR count). The molecule has 0 aliphatic carbocycles. The third-order valence-corrected chi connectivity index (χ3v) is 11.1. The maximum Gasteiger partial charge on any atom is 0.319 e. The number of benzene rings is 2. The highest BCUT2D eigenvalue weighted by atomic mass is 19.1. The van der Waals surface area contributed by atoms with Gasteiger partial charge in [-0.1, -0.05) is 18.1 Å². The monoisotopic (exact) mass is 620 g/mol.